The predicted molar refractivity (Wildman–Crippen MR) is 108 cm³/mol. The van der Waals surface area contributed by atoms with Crippen molar-refractivity contribution in [2.75, 3.05) is 13.1 Å². The van der Waals surface area contributed by atoms with Crippen molar-refractivity contribution < 1.29 is 17.6 Å². The van der Waals surface area contributed by atoms with Gasteiger partial charge in [0.15, 0.2) is 5.82 Å². The molecule has 2 aliphatic heterocycles. The summed E-state index contributed by atoms with van der Waals surface area (Å²) in [5.41, 5.74) is -0.239. The maximum absolute atomic E-state index is 14.5. The molecular weight excluding hydrogens is 409 g/mol. The highest BCUT2D eigenvalue weighted by molar-refractivity contribution is 7.89. The molecule has 3 heterocycles. The van der Waals surface area contributed by atoms with Gasteiger partial charge < -0.3 is 9.47 Å². The highest BCUT2D eigenvalue weighted by Gasteiger charge is 2.36. The Morgan fingerprint density at radius 1 is 1.20 bits per heavy atom. The minimum absolute atomic E-state index is 0.124. The molecule has 162 valence electrons. The Morgan fingerprint density at radius 2 is 2.03 bits per heavy atom. The van der Waals surface area contributed by atoms with Gasteiger partial charge in [-0.1, -0.05) is 13.3 Å². The van der Waals surface area contributed by atoms with Crippen LogP contribution in [0.15, 0.2) is 23.1 Å². The van der Waals surface area contributed by atoms with E-state index in [-0.39, 0.29) is 23.0 Å². The Labute approximate surface area is 175 Å². The summed E-state index contributed by atoms with van der Waals surface area (Å²) in [5, 5.41) is 8.70. The number of aryl methyl sites for hydroxylation is 1. The van der Waals surface area contributed by atoms with Crippen LogP contribution in [-0.2, 0) is 23.0 Å². The van der Waals surface area contributed by atoms with E-state index in [1.54, 1.807) is 11.8 Å². The molecule has 1 N–H and O–H groups in total. The average Bonchev–Trinajstić information content (AvgIpc) is 3.28. The maximum atomic E-state index is 14.5. The third kappa shape index (κ3) is 3.85. The van der Waals surface area contributed by atoms with Crippen LogP contribution in [0.1, 0.15) is 67.1 Å². The lowest BCUT2D eigenvalue weighted by atomic mass is 10.1. The van der Waals surface area contributed by atoms with Gasteiger partial charge in [-0.05, 0) is 43.9 Å². The van der Waals surface area contributed by atoms with Crippen molar-refractivity contribution in [1.29, 1.82) is 0 Å². The first-order chi connectivity index (χ1) is 14.4. The van der Waals surface area contributed by atoms with E-state index >= 15 is 0 Å². The number of fused-ring (bicyclic) bond motifs is 1. The maximum Gasteiger partial charge on any atom is 0.257 e. The van der Waals surface area contributed by atoms with Crippen LogP contribution in [0.2, 0.25) is 0 Å². The van der Waals surface area contributed by atoms with Crippen molar-refractivity contribution in [3.8, 4) is 0 Å². The summed E-state index contributed by atoms with van der Waals surface area (Å²) in [5.74, 6) is 0.428. The Balaban J connectivity index is 1.66. The lowest BCUT2D eigenvalue weighted by Gasteiger charge is -2.25. The van der Waals surface area contributed by atoms with E-state index < -0.39 is 21.7 Å². The molecular formula is C20H26FN5O3S. The summed E-state index contributed by atoms with van der Waals surface area (Å²) in [6.07, 6.45) is 5.61. The van der Waals surface area contributed by atoms with Crippen LogP contribution in [-0.4, -0.2) is 47.1 Å². The largest absolute Gasteiger partial charge is 0.328 e. The zero-order valence-electron chi connectivity index (χ0n) is 17.0. The summed E-state index contributed by atoms with van der Waals surface area (Å²) >= 11 is 0. The monoisotopic (exact) mass is 435 g/mol. The van der Waals surface area contributed by atoms with Crippen LogP contribution in [0, 0.1) is 5.82 Å². The number of benzene rings is 1. The third-order valence-corrected chi connectivity index (χ3v) is 7.31. The second-order valence-electron chi connectivity index (χ2n) is 7.74. The molecule has 4 rings (SSSR count). The van der Waals surface area contributed by atoms with Gasteiger partial charge in [0.05, 0.1) is 16.5 Å². The molecule has 2 aliphatic rings. The highest BCUT2D eigenvalue weighted by Crippen LogP contribution is 2.34. The minimum Gasteiger partial charge on any atom is -0.328 e. The van der Waals surface area contributed by atoms with Gasteiger partial charge in [-0.25, -0.2) is 17.5 Å². The fraction of sp³-hybridized carbons (Fsp3) is 0.550. The lowest BCUT2D eigenvalue weighted by molar-refractivity contribution is 0.0722. The van der Waals surface area contributed by atoms with Crippen molar-refractivity contribution in [2.24, 2.45) is 0 Å². The SMILES string of the molecule is CCNS(=O)(=O)c1ccc(F)c(C(=O)N2CCCC2c2nnc3n2CCCCC3)c1. The van der Waals surface area contributed by atoms with E-state index in [2.05, 4.69) is 19.5 Å². The Hall–Kier alpha value is -2.33. The van der Waals surface area contributed by atoms with Gasteiger partial charge in [-0.2, -0.15) is 0 Å². The van der Waals surface area contributed by atoms with Crippen LogP contribution in [0.25, 0.3) is 0 Å². The van der Waals surface area contributed by atoms with E-state index in [4.69, 9.17) is 0 Å². The third-order valence-electron chi connectivity index (χ3n) is 5.76. The number of halogens is 1. The van der Waals surface area contributed by atoms with Crippen molar-refractivity contribution >= 4 is 15.9 Å². The normalized spacial score (nSPS) is 19.5. The standard InChI is InChI=1S/C20H26FN5O3S/c1-2-22-30(28,29)14-9-10-16(21)15(13-14)20(27)25-12-6-7-17(25)19-24-23-18-8-4-3-5-11-26(18)19/h9-10,13,17,22H,2-8,11-12H2,1H3. The second kappa shape index (κ2) is 8.43. The molecule has 0 aliphatic carbocycles. The minimum atomic E-state index is -3.79. The number of amides is 1. The van der Waals surface area contributed by atoms with Gasteiger partial charge in [0.1, 0.15) is 11.6 Å². The molecule has 8 nitrogen and oxygen atoms in total. The molecule has 1 atom stereocenters. The van der Waals surface area contributed by atoms with Crippen molar-refractivity contribution in [3.05, 3.63) is 41.2 Å². The summed E-state index contributed by atoms with van der Waals surface area (Å²) in [7, 11) is -3.79. The van der Waals surface area contributed by atoms with E-state index in [0.717, 1.165) is 68.9 Å². The first-order valence-electron chi connectivity index (χ1n) is 10.4. The number of rotatable bonds is 5. The number of aromatic nitrogens is 3. The Morgan fingerprint density at radius 3 is 2.83 bits per heavy atom. The van der Waals surface area contributed by atoms with Crippen molar-refractivity contribution in [3.63, 3.8) is 0 Å². The predicted octanol–water partition coefficient (Wildman–Crippen LogP) is 2.42. The second-order valence-corrected chi connectivity index (χ2v) is 9.50. The zero-order chi connectivity index (χ0) is 21.3. The fourth-order valence-electron chi connectivity index (χ4n) is 4.30. The first-order valence-corrected chi connectivity index (χ1v) is 11.9. The topological polar surface area (TPSA) is 97.2 Å². The smallest absolute Gasteiger partial charge is 0.257 e. The quantitative estimate of drug-likeness (QED) is 0.778. The molecule has 30 heavy (non-hydrogen) atoms. The summed E-state index contributed by atoms with van der Waals surface area (Å²) < 4.78 is 43.6. The molecule has 2 aromatic rings. The van der Waals surface area contributed by atoms with Gasteiger partial charge in [0.25, 0.3) is 5.91 Å². The number of nitrogens with one attached hydrogen (secondary N) is 1. The molecule has 0 bridgehead atoms. The Kier molecular flexibility index (Phi) is 5.88. The fourth-order valence-corrected chi connectivity index (χ4v) is 5.36. The van der Waals surface area contributed by atoms with E-state index in [0.29, 0.717) is 6.54 Å². The molecule has 1 aromatic heterocycles. The van der Waals surface area contributed by atoms with Gasteiger partial charge in [-0.3, -0.25) is 4.79 Å². The summed E-state index contributed by atoms with van der Waals surface area (Å²) in [4.78, 5) is 14.7. The first kappa shape index (κ1) is 20.9. The number of hydrogen-bond donors (Lipinski definition) is 1. The summed E-state index contributed by atoms with van der Waals surface area (Å²) in [6.45, 7) is 3.15. The molecule has 1 fully saturated rings. The van der Waals surface area contributed by atoms with Crippen LogP contribution >= 0.6 is 0 Å². The van der Waals surface area contributed by atoms with Gasteiger partial charge in [0.2, 0.25) is 10.0 Å². The number of hydrogen-bond acceptors (Lipinski definition) is 5. The molecule has 0 radical (unpaired) electrons. The van der Waals surface area contributed by atoms with Gasteiger partial charge in [-0.15, -0.1) is 10.2 Å². The average molecular weight is 436 g/mol. The molecule has 10 heteroatoms. The zero-order valence-corrected chi connectivity index (χ0v) is 17.8. The lowest BCUT2D eigenvalue weighted by Crippen LogP contribution is -2.33. The van der Waals surface area contributed by atoms with Crippen LogP contribution in [0.4, 0.5) is 4.39 Å². The van der Waals surface area contributed by atoms with Crippen LogP contribution in [0.5, 0.6) is 0 Å². The molecule has 0 saturated carbocycles. The molecule has 1 aromatic carbocycles. The number of likely N-dealkylation sites (tertiary alicyclic amines) is 1. The summed E-state index contributed by atoms with van der Waals surface area (Å²) in [6, 6.07) is 3.04. The van der Waals surface area contributed by atoms with Crippen molar-refractivity contribution in [2.45, 2.75) is 62.9 Å². The Bertz CT molecular complexity index is 1050. The van der Waals surface area contributed by atoms with E-state index in [1.807, 2.05) is 0 Å². The van der Waals surface area contributed by atoms with Crippen molar-refractivity contribution in [1.82, 2.24) is 24.4 Å². The number of carbonyl (C=O) groups excluding carboxylic acids is 1. The van der Waals surface area contributed by atoms with Gasteiger partial charge >= 0.3 is 0 Å². The number of sulfonamides is 1. The number of carbonyl (C=O) groups is 1. The van der Waals surface area contributed by atoms with E-state index in [9.17, 15) is 17.6 Å². The molecule has 1 saturated heterocycles. The van der Waals surface area contributed by atoms with Gasteiger partial charge in [0, 0.05) is 26.1 Å². The molecule has 1 unspecified atom stereocenters. The molecule has 0 spiro atoms. The number of nitrogens with zero attached hydrogens (tertiary/aromatic N) is 4. The molecule has 1 amide bonds. The van der Waals surface area contributed by atoms with Crippen LogP contribution in [0.3, 0.4) is 0 Å². The highest BCUT2D eigenvalue weighted by atomic mass is 32.2. The van der Waals surface area contributed by atoms with Crippen LogP contribution < -0.4 is 4.72 Å². The van der Waals surface area contributed by atoms with E-state index in [1.165, 1.54) is 6.07 Å².